The van der Waals surface area contributed by atoms with Crippen molar-refractivity contribution in [1.29, 1.82) is 0 Å². The van der Waals surface area contributed by atoms with Gasteiger partial charge in [-0.05, 0) is 0 Å². The van der Waals surface area contributed by atoms with Crippen molar-refractivity contribution >= 4 is 15.2 Å². The summed E-state index contributed by atoms with van der Waals surface area (Å²) in [4.78, 5) is 0. The molecular weight excluding hydrogens is 123 g/mol. The fourth-order valence-corrected chi connectivity index (χ4v) is 4.97. The van der Waals surface area contributed by atoms with Gasteiger partial charge in [-0.25, -0.2) is 0 Å². The molecule has 0 radical (unpaired) electrons. The van der Waals surface area contributed by atoms with Crippen LogP contribution in [0.3, 0.4) is 0 Å². The summed E-state index contributed by atoms with van der Waals surface area (Å²) in [5.74, 6) is 0. The minimum absolute atomic E-state index is 0.434. The maximum absolute atomic E-state index is 1.61. The van der Waals surface area contributed by atoms with E-state index in [1.54, 1.807) is 38.5 Å². The molecule has 0 unspecified atom stereocenters. The Morgan fingerprint density at radius 1 is 0.778 bits per heavy atom. The summed E-state index contributed by atoms with van der Waals surface area (Å²) in [6, 6.07) is 0. The van der Waals surface area contributed by atoms with E-state index in [9.17, 15) is 0 Å². The second kappa shape index (κ2) is 2.64. The van der Waals surface area contributed by atoms with Crippen molar-refractivity contribution in [2.75, 3.05) is 0 Å². The summed E-state index contributed by atoms with van der Waals surface area (Å²) < 4.78 is 2.60. The molecule has 0 aromatic carbocycles. The van der Waals surface area contributed by atoms with Gasteiger partial charge in [0.2, 0.25) is 15.2 Å². The van der Waals surface area contributed by atoms with Crippen LogP contribution in [-0.4, -0.2) is 15.2 Å². The summed E-state index contributed by atoms with van der Waals surface area (Å²) in [7, 11) is 0. The Morgan fingerprint density at radius 3 is 1.44 bits per heavy atom. The van der Waals surface area contributed by atoms with Gasteiger partial charge in [-0.1, -0.05) is 48.1 Å². The number of hydrogen-bond donors (Lipinski definition) is 0. The molecule has 2 rings (SSSR count). The molecule has 2 saturated carbocycles. The Labute approximate surface area is 63.7 Å². The van der Waals surface area contributed by atoms with Crippen LogP contribution in [0.1, 0.15) is 38.5 Å². The normalized spacial score (nSPS) is 28.9. The van der Waals surface area contributed by atoms with E-state index in [0.717, 1.165) is 0 Å². The van der Waals surface area contributed by atoms with Crippen molar-refractivity contribution < 1.29 is 0 Å². The van der Waals surface area contributed by atoms with Crippen LogP contribution in [0.4, 0.5) is 0 Å². The largest absolute Gasteiger partial charge is 0.245 e. The maximum atomic E-state index is 1.61. The van der Waals surface area contributed by atoms with Crippen molar-refractivity contribution in [2.24, 2.45) is 0 Å². The predicted octanol–water partition coefficient (Wildman–Crippen LogP) is 2.37. The van der Waals surface area contributed by atoms with Crippen LogP contribution >= 0.6 is 0 Å². The lowest BCUT2D eigenvalue weighted by Crippen LogP contribution is -2.21. The smallest absolute Gasteiger partial charge is 0.0857 e. The molecule has 0 N–H and O–H groups in total. The van der Waals surface area contributed by atoms with E-state index < -0.39 is 0 Å². The Morgan fingerprint density at radius 2 is 1.22 bits per heavy atom. The van der Waals surface area contributed by atoms with Gasteiger partial charge in [-0.3, -0.25) is 0 Å². The third kappa shape index (κ3) is 1.33. The Kier molecular flexibility index (Phi) is 1.84. The third-order valence-corrected chi connectivity index (χ3v) is 6.08. The van der Waals surface area contributed by atoms with E-state index in [2.05, 4.69) is 0 Å². The molecule has 0 nitrogen and oxygen atoms in total. The molecule has 0 aliphatic heterocycles. The van der Waals surface area contributed by atoms with Gasteiger partial charge in [0, 0.05) is 0 Å². The molecule has 0 spiro atoms. The SMILES string of the molecule is C1C[CH]([AlH][CH]2CCC2)C1. The number of rotatable bonds is 2. The van der Waals surface area contributed by atoms with Crippen LogP contribution in [0.15, 0.2) is 0 Å². The quantitative estimate of drug-likeness (QED) is 0.514. The highest BCUT2D eigenvalue weighted by atomic mass is 27.1. The van der Waals surface area contributed by atoms with Crippen LogP contribution in [0.5, 0.6) is 0 Å². The lowest BCUT2D eigenvalue weighted by atomic mass is 9.98. The van der Waals surface area contributed by atoms with Gasteiger partial charge >= 0.3 is 0 Å². The molecule has 0 heterocycles. The van der Waals surface area contributed by atoms with E-state index >= 15 is 0 Å². The molecule has 50 valence electrons. The van der Waals surface area contributed by atoms with Gasteiger partial charge in [0.25, 0.3) is 0 Å². The summed E-state index contributed by atoms with van der Waals surface area (Å²) >= 11 is 0.434. The predicted molar refractivity (Wildman–Crippen MR) is 42.4 cm³/mol. The zero-order chi connectivity index (χ0) is 6.10. The maximum Gasteiger partial charge on any atom is 0.245 e. The summed E-state index contributed by atoms with van der Waals surface area (Å²) in [5, 5.41) is 0. The van der Waals surface area contributed by atoms with Crippen LogP contribution in [-0.2, 0) is 0 Å². The first kappa shape index (κ1) is 6.26. The molecule has 0 bridgehead atoms. The molecule has 0 amide bonds. The lowest BCUT2D eigenvalue weighted by Gasteiger charge is -2.32. The highest BCUT2D eigenvalue weighted by molar-refractivity contribution is 6.40. The molecule has 0 atom stereocenters. The van der Waals surface area contributed by atoms with Crippen LogP contribution in [0, 0.1) is 0 Å². The van der Waals surface area contributed by atoms with E-state index in [1.165, 1.54) is 9.56 Å². The molecule has 1 heteroatoms. The average molecular weight is 138 g/mol. The molecule has 0 aromatic heterocycles. The topological polar surface area (TPSA) is 0 Å². The highest BCUT2D eigenvalue weighted by Gasteiger charge is 2.27. The molecule has 0 aromatic rings. The first-order valence-electron chi connectivity index (χ1n) is 4.45. The molecule has 9 heavy (non-hydrogen) atoms. The molecule has 0 saturated heterocycles. The van der Waals surface area contributed by atoms with E-state index in [4.69, 9.17) is 0 Å². The summed E-state index contributed by atoms with van der Waals surface area (Å²) in [5.41, 5.74) is 0. The van der Waals surface area contributed by atoms with E-state index in [0.29, 0.717) is 15.2 Å². The fraction of sp³-hybridized carbons (Fsp3) is 1.00. The zero-order valence-corrected chi connectivity index (χ0v) is 7.52. The first-order chi connectivity index (χ1) is 4.45. The minimum atomic E-state index is 0.434. The van der Waals surface area contributed by atoms with Gasteiger partial charge < -0.3 is 0 Å². The van der Waals surface area contributed by atoms with Crippen LogP contribution in [0.25, 0.3) is 0 Å². The second-order valence-corrected chi connectivity index (χ2v) is 6.61. The van der Waals surface area contributed by atoms with Crippen molar-refractivity contribution in [3.8, 4) is 0 Å². The van der Waals surface area contributed by atoms with E-state index in [-0.39, 0.29) is 0 Å². The standard InChI is InChI=1S/2C4H7.Al.H/c2*1-2-4-3-1;;/h2*1H,2-4H2;;. The van der Waals surface area contributed by atoms with Gasteiger partial charge in [0.1, 0.15) is 0 Å². The van der Waals surface area contributed by atoms with Crippen LogP contribution in [0.2, 0.25) is 9.56 Å². The van der Waals surface area contributed by atoms with Gasteiger partial charge in [-0.15, -0.1) is 0 Å². The fourth-order valence-electron chi connectivity index (χ4n) is 1.93. The molecule has 2 aliphatic rings. The second-order valence-electron chi connectivity index (χ2n) is 3.83. The average Bonchev–Trinajstić information content (AvgIpc) is 1.57. The van der Waals surface area contributed by atoms with Crippen LogP contribution < -0.4 is 0 Å². The van der Waals surface area contributed by atoms with Gasteiger partial charge in [0.05, 0.1) is 0 Å². The monoisotopic (exact) mass is 138 g/mol. The Balaban J connectivity index is 1.64. The van der Waals surface area contributed by atoms with Crippen molar-refractivity contribution in [2.45, 2.75) is 48.1 Å². The van der Waals surface area contributed by atoms with Gasteiger partial charge in [-0.2, -0.15) is 0 Å². The molecule has 2 aliphatic carbocycles. The Hall–Kier alpha value is 0.532. The summed E-state index contributed by atoms with van der Waals surface area (Å²) in [6.07, 6.45) is 9.58. The highest BCUT2D eigenvalue weighted by Crippen LogP contribution is 2.40. The Bertz CT molecular complexity index is 80.7. The van der Waals surface area contributed by atoms with Gasteiger partial charge in [0.15, 0.2) is 0 Å². The molecular formula is C8H15Al. The van der Waals surface area contributed by atoms with Crippen molar-refractivity contribution in [1.82, 2.24) is 0 Å². The number of hydrogen-bond acceptors (Lipinski definition) is 0. The van der Waals surface area contributed by atoms with Crippen molar-refractivity contribution in [3.05, 3.63) is 0 Å². The van der Waals surface area contributed by atoms with Crippen molar-refractivity contribution in [3.63, 3.8) is 0 Å². The van der Waals surface area contributed by atoms with E-state index in [1.807, 2.05) is 0 Å². The lowest BCUT2D eigenvalue weighted by molar-refractivity contribution is 0.455. The minimum Gasteiger partial charge on any atom is -0.0857 e. The third-order valence-electron chi connectivity index (χ3n) is 3.12. The summed E-state index contributed by atoms with van der Waals surface area (Å²) in [6.45, 7) is 0. The first-order valence-corrected chi connectivity index (χ1v) is 6.08. The molecule has 2 fully saturated rings. The zero-order valence-electron chi connectivity index (χ0n) is 6.10.